The second-order valence-electron chi connectivity index (χ2n) is 4.08. The van der Waals surface area contributed by atoms with Crippen LogP contribution in [0.4, 0.5) is 0 Å². The minimum atomic E-state index is -1.84. The maximum absolute atomic E-state index is 11.3. The highest BCUT2D eigenvalue weighted by atomic mass is 28.4. The molecule has 0 rings (SSSR count). The van der Waals surface area contributed by atoms with Gasteiger partial charge >= 0.3 is 5.97 Å². The summed E-state index contributed by atoms with van der Waals surface area (Å²) in [7, 11) is -1.84. The molecule has 0 saturated heterocycles. The lowest BCUT2D eigenvalue weighted by Gasteiger charge is -2.28. The van der Waals surface area contributed by atoms with Gasteiger partial charge in [-0.3, -0.25) is 0 Å². The third kappa shape index (κ3) is 3.76. The largest absolute Gasteiger partial charge is 0.516 e. The van der Waals surface area contributed by atoms with E-state index in [9.17, 15) is 4.79 Å². The Labute approximate surface area is 82.1 Å². The standard InChI is InChI=1S/C10H20O2Si/c1-7-9(4)13(5,6)12-10(11)8(2)3/h9H,2,7H2,1,3-6H3. The van der Waals surface area contributed by atoms with Gasteiger partial charge in [0.25, 0.3) is 8.32 Å². The molecule has 0 spiro atoms. The quantitative estimate of drug-likeness (QED) is 0.515. The van der Waals surface area contributed by atoms with E-state index in [1.165, 1.54) is 0 Å². The van der Waals surface area contributed by atoms with Crippen LogP contribution in [-0.2, 0) is 9.22 Å². The molecule has 0 aromatic carbocycles. The van der Waals surface area contributed by atoms with E-state index in [0.29, 0.717) is 11.1 Å². The van der Waals surface area contributed by atoms with Crippen LogP contribution in [0.15, 0.2) is 12.2 Å². The topological polar surface area (TPSA) is 26.3 Å². The Morgan fingerprint density at radius 2 is 2.00 bits per heavy atom. The molecule has 2 nitrogen and oxygen atoms in total. The minimum absolute atomic E-state index is 0.239. The first-order valence-electron chi connectivity index (χ1n) is 4.70. The first-order valence-corrected chi connectivity index (χ1v) is 7.68. The van der Waals surface area contributed by atoms with Crippen LogP contribution in [0.3, 0.4) is 0 Å². The zero-order valence-electron chi connectivity index (χ0n) is 9.31. The van der Waals surface area contributed by atoms with E-state index in [-0.39, 0.29) is 5.97 Å². The molecule has 3 heteroatoms. The lowest BCUT2D eigenvalue weighted by atomic mass is 10.4. The van der Waals surface area contributed by atoms with Crippen molar-refractivity contribution in [2.45, 2.75) is 45.8 Å². The Bertz CT molecular complexity index is 209. The van der Waals surface area contributed by atoms with Gasteiger partial charge in [-0.1, -0.05) is 26.8 Å². The molecule has 0 amide bonds. The molecule has 0 N–H and O–H groups in total. The fraction of sp³-hybridized carbons (Fsp3) is 0.700. The van der Waals surface area contributed by atoms with Crippen molar-refractivity contribution in [1.82, 2.24) is 0 Å². The third-order valence-corrected chi connectivity index (χ3v) is 6.00. The van der Waals surface area contributed by atoms with Gasteiger partial charge in [-0.25, -0.2) is 4.79 Å². The number of hydrogen-bond acceptors (Lipinski definition) is 2. The van der Waals surface area contributed by atoms with Gasteiger partial charge in [-0.2, -0.15) is 0 Å². The third-order valence-electron chi connectivity index (χ3n) is 2.50. The zero-order valence-corrected chi connectivity index (χ0v) is 10.3. The maximum Gasteiger partial charge on any atom is 0.319 e. The van der Waals surface area contributed by atoms with Gasteiger partial charge in [-0.15, -0.1) is 0 Å². The molecule has 0 fully saturated rings. The van der Waals surface area contributed by atoms with E-state index in [1.807, 2.05) is 0 Å². The van der Waals surface area contributed by atoms with Gasteiger partial charge in [0.15, 0.2) is 0 Å². The van der Waals surface area contributed by atoms with Crippen molar-refractivity contribution in [2.24, 2.45) is 0 Å². The SMILES string of the molecule is C=C(C)C(=O)O[Si](C)(C)C(C)CC. The summed E-state index contributed by atoms with van der Waals surface area (Å²) in [4.78, 5) is 11.3. The molecule has 1 atom stereocenters. The predicted molar refractivity (Wildman–Crippen MR) is 58.1 cm³/mol. The van der Waals surface area contributed by atoms with Crippen LogP contribution in [0, 0.1) is 0 Å². The minimum Gasteiger partial charge on any atom is -0.516 e. The molecule has 0 heterocycles. The van der Waals surface area contributed by atoms with E-state index < -0.39 is 8.32 Å². The molecule has 0 saturated carbocycles. The van der Waals surface area contributed by atoms with Crippen molar-refractivity contribution < 1.29 is 9.22 Å². The maximum atomic E-state index is 11.3. The van der Waals surface area contributed by atoms with Gasteiger partial charge in [0.2, 0.25) is 0 Å². The fourth-order valence-corrected chi connectivity index (χ4v) is 2.75. The molecular formula is C10H20O2Si. The van der Waals surface area contributed by atoms with Crippen LogP contribution >= 0.6 is 0 Å². The second-order valence-corrected chi connectivity index (χ2v) is 8.48. The lowest BCUT2D eigenvalue weighted by molar-refractivity contribution is -0.130. The van der Waals surface area contributed by atoms with Crippen molar-refractivity contribution in [3.8, 4) is 0 Å². The lowest BCUT2D eigenvalue weighted by Crippen LogP contribution is -2.37. The van der Waals surface area contributed by atoms with Crippen LogP contribution < -0.4 is 0 Å². The van der Waals surface area contributed by atoms with Gasteiger partial charge < -0.3 is 4.43 Å². The summed E-state index contributed by atoms with van der Waals surface area (Å²) >= 11 is 0. The highest BCUT2D eigenvalue weighted by molar-refractivity contribution is 6.74. The molecule has 13 heavy (non-hydrogen) atoms. The van der Waals surface area contributed by atoms with Gasteiger partial charge in [0.05, 0.1) is 0 Å². The first kappa shape index (κ1) is 12.4. The van der Waals surface area contributed by atoms with Crippen LogP contribution in [0.5, 0.6) is 0 Å². The van der Waals surface area contributed by atoms with Crippen molar-refractivity contribution in [2.75, 3.05) is 0 Å². The molecule has 0 aliphatic carbocycles. The average Bonchev–Trinajstić information content (AvgIpc) is 2.01. The molecular weight excluding hydrogens is 180 g/mol. The van der Waals surface area contributed by atoms with Crippen LogP contribution in [-0.4, -0.2) is 14.3 Å². The van der Waals surface area contributed by atoms with E-state index in [2.05, 4.69) is 33.5 Å². The van der Waals surface area contributed by atoms with E-state index >= 15 is 0 Å². The number of carbonyl (C=O) groups is 1. The molecule has 1 unspecified atom stereocenters. The van der Waals surface area contributed by atoms with Crippen molar-refractivity contribution in [3.05, 3.63) is 12.2 Å². The second kappa shape index (κ2) is 4.60. The summed E-state index contributed by atoms with van der Waals surface area (Å²) in [6.45, 7) is 13.7. The summed E-state index contributed by atoms with van der Waals surface area (Å²) in [5.41, 5.74) is 0.986. The van der Waals surface area contributed by atoms with Crippen molar-refractivity contribution >= 4 is 14.3 Å². The molecule has 0 aromatic heterocycles. The summed E-state index contributed by atoms with van der Waals surface area (Å²) in [5.74, 6) is -0.239. The smallest absolute Gasteiger partial charge is 0.319 e. The number of hydrogen-bond donors (Lipinski definition) is 0. The van der Waals surface area contributed by atoms with Crippen LogP contribution in [0.1, 0.15) is 27.2 Å². The van der Waals surface area contributed by atoms with E-state index in [4.69, 9.17) is 4.43 Å². The monoisotopic (exact) mass is 200 g/mol. The average molecular weight is 200 g/mol. The van der Waals surface area contributed by atoms with Gasteiger partial charge in [0, 0.05) is 5.57 Å². The number of carbonyl (C=O) groups excluding carboxylic acids is 1. The predicted octanol–water partition coefficient (Wildman–Crippen LogP) is 3.11. The summed E-state index contributed by atoms with van der Waals surface area (Å²) in [5, 5.41) is 0. The highest BCUT2D eigenvalue weighted by Crippen LogP contribution is 2.26. The Morgan fingerprint density at radius 3 is 2.31 bits per heavy atom. The number of rotatable bonds is 4. The van der Waals surface area contributed by atoms with E-state index in [1.54, 1.807) is 6.92 Å². The molecule has 0 radical (unpaired) electrons. The zero-order chi connectivity index (χ0) is 10.6. The van der Waals surface area contributed by atoms with E-state index in [0.717, 1.165) is 6.42 Å². The molecule has 0 aromatic rings. The summed E-state index contributed by atoms with van der Waals surface area (Å²) in [6.07, 6.45) is 1.06. The summed E-state index contributed by atoms with van der Waals surface area (Å²) in [6, 6.07) is 0. The molecule has 76 valence electrons. The van der Waals surface area contributed by atoms with Crippen molar-refractivity contribution in [3.63, 3.8) is 0 Å². The molecule has 0 aliphatic heterocycles. The first-order chi connectivity index (χ1) is 5.81. The Balaban J connectivity index is 4.33. The highest BCUT2D eigenvalue weighted by Gasteiger charge is 2.32. The Kier molecular flexibility index (Phi) is 4.40. The Morgan fingerprint density at radius 1 is 1.54 bits per heavy atom. The van der Waals surface area contributed by atoms with Gasteiger partial charge in [-0.05, 0) is 25.6 Å². The fourth-order valence-electron chi connectivity index (χ4n) is 0.918. The van der Waals surface area contributed by atoms with Crippen LogP contribution in [0.2, 0.25) is 18.6 Å². The van der Waals surface area contributed by atoms with Crippen LogP contribution in [0.25, 0.3) is 0 Å². The normalized spacial score (nSPS) is 13.6. The van der Waals surface area contributed by atoms with Gasteiger partial charge in [0.1, 0.15) is 0 Å². The molecule has 0 aliphatic rings. The Hall–Kier alpha value is -0.573. The van der Waals surface area contributed by atoms with Crippen molar-refractivity contribution in [1.29, 1.82) is 0 Å². The molecule has 0 bridgehead atoms. The summed E-state index contributed by atoms with van der Waals surface area (Å²) < 4.78 is 5.45.